The Balaban J connectivity index is 1.86. The van der Waals surface area contributed by atoms with E-state index >= 15 is 0 Å². The summed E-state index contributed by atoms with van der Waals surface area (Å²) >= 11 is 1.95. The SMILES string of the molecule is CCOC(=O)Cc1ccc(SC2CCC2)cc1. The monoisotopic (exact) mass is 250 g/mol. The molecule has 1 aliphatic carbocycles. The number of benzene rings is 1. The van der Waals surface area contributed by atoms with Crippen LogP contribution in [0.3, 0.4) is 0 Å². The summed E-state index contributed by atoms with van der Waals surface area (Å²) in [6.45, 7) is 2.28. The smallest absolute Gasteiger partial charge is 0.310 e. The first-order valence-corrected chi connectivity index (χ1v) is 7.07. The van der Waals surface area contributed by atoms with Gasteiger partial charge in [0.1, 0.15) is 0 Å². The summed E-state index contributed by atoms with van der Waals surface area (Å²) in [5.41, 5.74) is 1.03. The number of rotatable bonds is 5. The Hall–Kier alpha value is -0.960. The van der Waals surface area contributed by atoms with Gasteiger partial charge in [-0.25, -0.2) is 0 Å². The van der Waals surface area contributed by atoms with Crippen LogP contribution in [0.2, 0.25) is 0 Å². The van der Waals surface area contributed by atoms with Gasteiger partial charge in [0.2, 0.25) is 0 Å². The van der Waals surface area contributed by atoms with Crippen LogP contribution in [0.4, 0.5) is 0 Å². The summed E-state index contributed by atoms with van der Waals surface area (Å²) in [5, 5.41) is 0.811. The third kappa shape index (κ3) is 3.77. The molecule has 2 rings (SSSR count). The van der Waals surface area contributed by atoms with Crippen LogP contribution in [0.5, 0.6) is 0 Å². The number of hydrogen-bond acceptors (Lipinski definition) is 3. The lowest BCUT2D eigenvalue weighted by atomic mass is 10.00. The van der Waals surface area contributed by atoms with Crippen molar-refractivity contribution in [2.24, 2.45) is 0 Å². The van der Waals surface area contributed by atoms with Crippen LogP contribution in [0.25, 0.3) is 0 Å². The van der Waals surface area contributed by atoms with Crippen molar-refractivity contribution in [3.8, 4) is 0 Å². The van der Waals surface area contributed by atoms with Gasteiger partial charge in [-0.2, -0.15) is 0 Å². The lowest BCUT2D eigenvalue weighted by Crippen LogP contribution is -2.12. The summed E-state index contributed by atoms with van der Waals surface area (Å²) < 4.78 is 4.92. The van der Waals surface area contributed by atoms with Crippen LogP contribution in [0, 0.1) is 0 Å². The van der Waals surface area contributed by atoms with Crippen molar-refractivity contribution >= 4 is 17.7 Å². The van der Waals surface area contributed by atoms with E-state index in [0.717, 1.165) is 10.8 Å². The Labute approximate surface area is 107 Å². The van der Waals surface area contributed by atoms with E-state index in [0.29, 0.717) is 13.0 Å². The maximum atomic E-state index is 11.3. The highest BCUT2D eigenvalue weighted by Gasteiger charge is 2.18. The molecular formula is C14H18O2S. The number of ether oxygens (including phenoxy) is 1. The van der Waals surface area contributed by atoms with E-state index in [1.165, 1.54) is 24.2 Å². The van der Waals surface area contributed by atoms with Gasteiger partial charge in [0.05, 0.1) is 13.0 Å². The molecule has 0 atom stereocenters. The van der Waals surface area contributed by atoms with Crippen molar-refractivity contribution in [1.29, 1.82) is 0 Å². The highest BCUT2D eigenvalue weighted by Crippen LogP contribution is 2.36. The number of carbonyl (C=O) groups is 1. The molecule has 0 saturated heterocycles. The molecule has 0 N–H and O–H groups in total. The van der Waals surface area contributed by atoms with Crippen molar-refractivity contribution in [3.63, 3.8) is 0 Å². The fourth-order valence-corrected chi connectivity index (χ4v) is 2.99. The summed E-state index contributed by atoms with van der Waals surface area (Å²) in [6, 6.07) is 8.27. The molecule has 92 valence electrons. The molecule has 1 saturated carbocycles. The molecule has 17 heavy (non-hydrogen) atoms. The number of thioether (sulfide) groups is 1. The van der Waals surface area contributed by atoms with Crippen LogP contribution >= 0.6 is 11.8 Å². The van der Waals surface area contributed by atoms with E-state index in [9.17, 15) is 4.79 Å². The van der Waals surface area contributed by atoms with Crippen molar-refractivity contribution in [3.05, 3.63) is 29.8 Å². The lowest BCUT2D eigenvalue weighted by Gasteiger charge is -2.24. The molecule has 1 fully saturated rings. The standard InChI is InChI=1S/C14H18O2S/c1-2-16-14(15)10-11-6-8-13(9-7-11)17-12-4-3-5-12/h6-9,12H,2-5,10H2,1H3. The Morgan fingerprint density at radius 1 is 1.35 bits per heavy atom. The minimum Gasteiger partial charge on any atom is -0.466 e. The largest absolute Gasteiger partial charge is 0.466 e. The first-order chi connectivity index (χ1) is 8.28. The fourth-order valence-electron chi connectivity index (χ4n) is 1.75. The van der Waals surface area contributed by atoms with E-state index in [-0.39, 0.29) is 5.97 Å². The predicted molar refractivity (Wildman–Crippen MR) is 70.3 cm³/mol. The molecule has 0 aromatic heterocycles. The van der Waals surface area contributed by atoms with Crippen LogP contribution < -0.4 is 0 Å². The molecular weight excluding hydrogens is 232 g/mol. The number of hydrogen-bond donors (Lipinski definition) is 0. The first-order valence-electron chi connectivity index (χ1n) is 6.19. The van der Waals surface area contributed by atoms with E-state index in [1.54, 1.807) is 0 Å². The average molecular weight is 250 g/mol. The maximum absolute atomic E-state index is 11.3. The van der Waals surface area contributed by atoms with Gasteiger partial charge in [-0.1, -0.05) is 18.6 Å². The van der Waals surface area contributed by atoms with Gasteiger partial charge in [0.15, 0.2) is 0 Å². The molecule has 1 aliphatic rings. The van der Waals surface area contributed by atoms with Gasteiger partial charge >= 0.3 is 5.97 Å². The van der Waals surface area contributed by atoms with Crippen LogP contribution in [-0.2, 0) is 16.0 Å². The topological polar surface area (TPSA) is 26.3 Å². The van der Waals surface area contributed by atoms with E-state index in [4.69, 9.17) is 4.74 Å². The van der Waals surface area contributed by atoms with Crippen molar-refractivity contribution in [1.82, 2.24) is 0 Å². The molecule has 0 bridgehead atoms. The predicted octanol–water partition coefficient (Wildman–Crippen LogP) is 3.44. The zero-order chi connectivity index (χ0) is 12.1. The number of carbonyl (C=O) groups excluding carboxylic acids is 1. The van der Waals surface area contributed by atoms with Crippen molar-refractivity contribution in [2.75, 3.05) is 6.61 Å². The Morgan fingerprint density at radius 2 is 2.06 bits per heavy atom. The highest BCUT2D eigenvalue weighted by atomic mass is 32.2. The number of esters is 1. The molecule has 0 heterocycles. The lowest BCUT2D eigenvalue weighted by molar-refractivity contribution is -0.142. The summed E-state index contributed by atoms with van der Waals surface area (Å²) in [7, 11) is 0. The minimum atomic E-state index is -0.146. The van der Waals surface area contributed by atoms with Gasteiger partial charge in [-0.15, -0.1) is 11.8 Å². The quantitative estimate of drug-likeness (QED) is 0.749. The molecule has 0 aliphatic heterocycles. The Bertz CT molecular complexity index is 368. The van der Waals surface area contributed by atoms with Crippen LogP contribution in [-0.4, -0.2) is 17.8 Å². The van der Waals surface area contributed by atoms with Crippen LogP contribution in [0.1, 0.15) is 31.7 Å². The molecule has 3 heteroatoms. The minimum absolute atomic E-state index is 0.146. The van der Waals surface area contributed by atoms with Gasteiger partial charge in [0, 0.05) is 10.1 Å². The zero-order valence-corrected chi connectivity index (χ0v) is 11.0. The molecule has 0 amide bonds. The highest BCUT2D eigenvalue weighted by molar-refractivity contribution is 8.00. The molecule has 2 nitrogen and oxygen atoms in total. The second kappa shape index (κ2) is 6.10. The van der Waals surface area contributed by atoms with Crippen LogP contribution in [0.15, 0.2) is 29.2 Å². The molecule has 0 spiro atoms. The van der Waals surface area contributed by atoms with E-state index < -0.39 is 0 Å². The van der Waals surface area contributed by atoms with E-state index in [2.05, 4.69) is 12.1 Å². The van der Waals surface area contributed by atoms with Gasteiger partial charge < -0.3 is 4.74 Å². The Morgan fingerprint density at radius 3 is 2.59 bits per heavy atom. The maximum Gasteiger partial charge on any atom is 0.310 e. The first kappa shape index (κ1) is 12.5. The second-order valence-electron chi connectivity index (χ2n) is 4.30. The third-order valence-electron chi connectivity index (χ3n) is 2.93. The molecule has 0 radical (unpaired) electrons. The zero-order valence-electron chi connectivity index (χ0n) is 10.1. The summed E-state index contributed by atoms with van der Waals surface area (Å²) in [4.78, 5) is 12.6. The summed E-state index contributed by atoms with van der Waals surface area (Å²) in [6.07, 6.45) is 4.44. The van der Waals surface area contributed by atoms with Crippen molar-refractivity contribution in [2.45, 2.75) is 42.8 Å². The average Bonchev–Trinajstić information content (AvgIpc) is 2.26. The van der Waals surface area contributed by atoms with Gasteiger partial charge in [-0.05, 0) is 37.5 Å². The van der Waals surface area contributed by atoms with E-state index in [1.807, 2.05) is 30.8 Å². The Kier molecular flexibility index (Phi) is 4.49. The molecule has 1 aromatic rings. The third-order valence-corrected chi connectivity index (χ3v) is 4.28. The van der Waals surface area contributed by atoms with Crippen molar-refractivity contribution < 1.29 is 9.53 Å². The molecule has 0 unspecified atom stereocenters. The normalized spacial score (nSPS) is 15.4. The van der Waals surface area contributed by atoms with Gasteiger partial charge in [0.25, 0.3) is 0 Å². The summed E-state index contributed by atoms with van der Waals surface area (Å²) in [5.74, 6) is -0.146. The fraction of sp³-hybridized carbons (Fsp3) is 0.500. The van der Waals surface area contributed by atoms with Gasteiger partial charge in [-0.3, -0.25) is 4.79 Å². The second-order valence-corrected chi connectivity index (χ2v) is 5.67. The molecule has 1 aromatic carbocycles.